The van der Waals surface area contributed by atoms with Crippen LogP contribution in [-0.2, 0) is 6.18 Å². The van der Waals surface area contributed by atoms with Gasteiger partial charge >= 0.3 is 6.18 Å². The van der Waals surface area contributed by atoms with Crippen molar-refractivity contribution >= 4 is 11.8 Å². The van der Waals surface area contributed by atoms with Gasteiger partial charge in [0.2, 0.25) is 0 Å². The number of aromatic nitrogens is 1. The summed E-state index contributed by atoms with van der Waals surface area (Å²) < 4.78 is 68.3. The average Bonchev–Trinajstić information content (AvgIpc) is 2.76. The highest BCUT2D eigenvalue weighted by Gasteiger charge is 2.35. The fourth-order valence-corrected chi connectivity index (χ4v) is 3.60. The Labute approximate surface area is 175 Å². The summed E-state index contributed by atoms with van der Waals surface area (Å²) in [7, 11) is 0. The van der Waals surface area contributed by atoms with Crippen molar-refractivity contribution < 1.29 is 22.0 Å². The Kier molecular flexibility index (Phi) is 5.67. The lowest BCUT2D eigenvalue weighted by Crippen LogP contribution is -2.12. The molecule has 0 spiro atoms. The number of hydrogen-bond donors (Lipinski definition) is 0. The molecule has 0 radical (unpaired) electrons. The standard InChI is InChI=1S/C24H17F5N2/c25-21-9-8-15(12-16-4-3-11-31-23(16)17-5-2-10-30-14-17)13-19(21)18-6-1-7-20(22(18)26)24(27,28)29/h1-2,5-10,12-14H,3-4,11H2. The molecular weight excluding hydrogens is 411 g/mol. The molecule has 7 heteroatoms. The molecule has 0 bridgehead atoms. The maximum atomic E-state index is 14.6. The molecule has 1 aliphatic heterocycles. The molecule has 0 amide bonds. The largest absolute Gasteiger partial charge is 0.419 e. The van der Waals surface area contributed by atoms with Crippen LogP contribution in [0.4, 0.5) is 22.0 Å². The summed E-state index contributed by atoms with van der Waals surface area (Å²) >= 11 is 0. The van der Waals surface area contributed by atoms with Gasteiger partial charge in [0.05, 0.1) is 11.3 Å². The Bertz CT molecular complexity index is 1160. The predicted molar refractivity (Wildman–Crippen MR) is 110 cm³/mol. The minimum absolute atomic E-state index is 0.228. The van der Waals surface area contributed by atoms with Crippen LogP contribution in [0.3, 0.4) is 0 Å². The number of aliphatic imine (C=N–C) groups is 1. The number of pyridine rings is 1. The summed E-state index contributed by atoms with van der Waals surface area (Å²) in [6.45, 7) is 0.672. The predicted octanol–water partition coefficient (Wildman–Crippen LogP) is 6.71. The molecule has 2 heterocycles. The smallest absolute Gasteiger partial charge is 0.284 e. The molecule has 158 valence electrons. The van der Waals surface area contributed by atoms with Crippen LogP contribution < -0.4 is 0 Å². The topological polar surface area (TPSA) is 25.2 Å². The minimum atomic E-state index is -4.87. The highest BCUT2D eigenvalue weighted by Crippen LogP contribution is 2.36. The number of hydrogen-bond acceptors (Lipinski definition) is 2. The van der Waals surface area contributed by atoms with Gasteiger partial charge in [-0.15, -0.1) is 0 Å². The van der Waals surface area contributed by atoms with E-state index in [2.05, 4.69) is 9.98 Å². The summed E-state index contributed by atoms with van der Waals surface area (Å²) in [6.07, 6.45) is 1.87. The van der Waals surface area contributed by atoms with E-state index < -0.39 is 28.9 Å². The summed E-state index contributed by atoms with van der Waals surface area (Å²) in [5.41, 5.74) is 0.982. The second kappa shape index (κ2) is 8.41. The van der Waals surface area contributed by atoms with Crippen molar-refractivity contribution in [3.8, 4) is 11.1 Å². The lowest BCUT2D eigenvalue weighted by atomic mass is 9.93. The molecule has 2 nitrogen and oxygen atoms in total. The van der Waals surface area contributed by atoms with Crippen LogP contribution in [0.15, 0.2) is 71.5 Å². The molecule has 2 aromatic carbocycles. The van der Waals surface area contributed by atoms with Crippen molar-refractivity contribution in [2.45, 2.75) is 19.0 Å². The number of alkyl halides is 3. The normalized spacial score (nSPS) is 15.8. The van der Waals surface area contributed by atoms with Gasteiger partial charge in [0.15, 0.2) is 0 Å². The van der Waals surface area contributed by atoms with E-state index in [0.29, 0.717) is 18.2 Å². The zero-order chi connectivity index (χ0) is 22.0. The van der Waals surface area contributed by atoms with E-state index in [1.54, 1.807) is 24.5 Å². The third-order valence-corrected chi connectivity index (χ3v) is 5.04. The third-order valence-electron chi connectivity index (χ3n) is 5.04. The third kappa shape index (κ3) is 4.40. The van der Waals surface area contributed by atoms with Crippen molar-refractivity contribution in [3.05, 3.63) is 94.8 Å². The van der Waals surface area contributed by atoms with E-state index in [-0.39, 0.29) is 5.56 Å². The van der Waals surface area contributed by atoms with Gasteiger partial charge in [0.1, 0.15) is 11.6 Å². The van der Waals surface area contributed by atoms with Gasteiger partial charge in [-0.1, -0.05) is 18.2 Å². The Balaban J connectivity index is 1.77. The highest BCUT2D eigenvalue weighted by molar-refractivity contribution is 6.15. The van der Waals surface area contributed by atoms with Gasteiger partial charge in [-0.2, -0.15) is 13.2 Å². The van der Waals surface area contributed by atoms with Crippen LogP contribution in [0.25, 0.3) is 17.2 Å². The SMILES string of the molecule is Fc1ccc(C=C2CCCN=C2c2cccnc2)cc1-c1cccc(C(F)(F)F)c1F. The number of allylic oxidation sites excluding steroid dienone is 1. The summed E-state index contributed by atoms with van der Waals surface area (Å²) in [4.78, 5) is 8.69. The van der Waals surface area contributed by atoms with E-state index in [1.807, 2.05) is 6.07 Å². The molecule has 4 rings (SSSR count). The molecule has 3 aromatic rings. The zero-order valence-corrected chi connectivity index (χ0v) is 16.3. The van der Waals surface area contributed by atoms with Crippen LogP contribution in [-0.4, -0.2) is 17.2 Å². The summed E-state index contributed by atoms with van der Waals surface area (Å²) in [5, 5.41) is 0. The van der Waals surface area contributed by atoms with Crippen LogP contribution in [0.1, 0.15) is 29.5 Å². The van der Waals surface area contributed by atoms with Gasteiger partial charge in [-0.25, -0.2) is 8.78 Å². The van der Waals surface area contributed by atoms with Gasteiger partial charge < -0.3 is 0 Å². The molecule has 0 aliphatic carbocycles. The fourth-order valence-electron chi connectivity index (χ4n) is 3.60. The van der Waals surface area contributed by atoms with Crippen molar-refractivity contribution in [2.75, 3.05) is 6.54 Å². The number of benzene rings is 2. The molecule has 0 saturated heterocycles. The molecular formula is C24H17F5N2. The molecule has 1 aromatic heterocycles. The molecule has 0 N–H and O–H groups in total. The van der Waals surface area contributed by atoms with Crippen molar-refractivity contribution in [3.63, 3.8) is 0 Å². The van der Waals surface area contributed by atoms with Gasteiger partial charge in [-0.3, -0.25) is 9.98 Å². The Morgan fingerprint density at radius 2 is 1.77 bits per heavy atom. The van der Waals surface area contributed by atoms with Crippen LogP contribution >= 0.6 is 0 Å². The number of nitrogens with zero attached hydrogens (tertiary/aromatic N) is 2. The quantitative estimate of drug-likeness (QED) is 0.426. The highest BCUT2D eigenvalue weighted by atomic mass is 19.4. The van der Waals surface area contributed by atoms with Gasteiger partial charge in [0.25, 0.3) is 0 Å². The summed E-state index contributed by atoms with van der Waals surface area (Å²) in [6, 6.07) is 10.5. The molecule has 0 atom stereocenters. The first-order chi connectivity index (χ1) is 14.8. The van der Waals surface area contributed by atoms with Crippen LogP contribution in [0.2, 0.25) is 0 Å². The van der Waals surface area contributed by atoms with Crippen molar-refractivity contribution in [2.24, 2.45) is 4.99 Å². The Hall–Kier alpha value is -3.35. The molecule has 31 heavy (non-hydrogen) atoms. The van der Waals surface area contributed by atoms with Crippen LogP contribution in [0, 0.1) is 11.6 Å². The van der Waals surface area contributed by atoms with Gasteiger partial charge in [-0.05, 0) is 60.4 Å². The van der Waals surface area contributed by atoms with Crippen molar-refractivity contribution in [1.29, 1.82) is 0 Å². The number of halogens is 5. The first-order valence-electron chi connectivity index (χ1n) is 9.66. The average molecular weight is 428 g/mol. The molecule has 0 fully saturated rings. The second-order valence-electron chi connectivity index (χ2n) is 7.15. The molecule has 0 unspecified atom stereocenters. The lowest BCUT2D eigenvalue weighted by Gasteiger charge is -2.17. The Morgan fingerprint density at radius 1 is 0.935 bits per heavy atom. The maximum Gasteiger partial charge on any atom is 0.419 e. The van der Waals surface area contributed by atoms with E-state index in [9.17, 15) is 22.0 Å². The monoisotopic (exact) mass is 428 g/mol. The maximum absolute atomic E-state index is 14.6. The molecule has 0 saturated carbocycles. The fraction of sp³-hybridized carbons (Fsp3) is 0.167. The first kappa shape index (κ1) is 20.9. The molecule has 1 aliphatic rings. The minimum Gasteiger partial charge on any atom is -0.284 e. The van der Waals surface area contributed by atoms with Gasteiger partial charge in [0, 0.05) is 35.6 Å². The van der Waals surface area contributed by atoms with Crippen molar-refractivity contribution in [1.82, 2.24) is 4.98 Å². The van der Waals surface area contributed by atoms with E-state index >= 15 is 0 Å². The van der Waals surface area contributed by atoms with E-state index in [0.717, 1.165) is 47.9 Å². The van der Waals surface area contributed by atoms with E-state index in [4.69, 9.17) is 0 Å². The summed E-state index contributed by atoms with van der Waals surface area (Å²) in [5.74, 6) is -2.29. The van der Waals surface area contributed by atoms with Crippen LogP contribution in [0.5, 0.6) is 0 Å². The first-order valence-corrected chi connectivity index (χ1v) is 9.66. The lowest BCUT2D eigenvalue weighted by molar-refractivity contribution is -0.139. The Morgan fingerprint density at radius 3 is 2.52 bits per heavy atom. The van der Waals surface area contributed by atoms with E-state index in [1.165, 1.54) is 12.1 Å². The number of rotatable bonds is 3. The zero-order valence-electron chi connectivity index (χ0n) is 16.3. The second-order valence-corrected chi connectivity index (χ2v) is 7.15.